The van der Waals surface area contributed by atoms with E-state index in [1.165, 1.54) is 0 Å². The Morgan fingerprint density at radius 1 is 1.29 bits per heavy atom. The molecule has 7 nitrogen and oxygen atoms in total. The van der Waals surface area contributed by atoms with E-state index in [4.69, 9.17) is 9.73 Å². The molecule has 0 unspecified atom stereocenters. The molecule has 0 radical (unpaired) electrons. The Balaban J connectivity index is 1.61. The monoisotopic (exact) mass is 383 g/mol. The first-order valence-electron chi connectivity index (χ1n) is 10.0. The summed E-state index contributed by atoms with van der Waals surface area (Å²) in [5, 5.41) is 3.35. The van der Waals surface area contributed by atoms with Crippen molar-refractivity contribution in [2.24, 2.45) is 10.9 Å². The Labute approximate surface area is 166 Å². The minimum absolute atomic E-state index is 0.00224. The van der Waals surface area contributed by atoms with Gasteiger partial charge in [0.1, 0.15) is 12.4 Å². The van der Waals surface area contributed by atoms with Crippen molar-refractivity contribution in [2.75, 3.05) is 26.2 Å². The molecule has 28 heavy (non-hydrogen) atoms. The molecule has 150 valence electrons. The molecule has 2 heterocycles. The third-order valence-corrected chi connectivity index (χ3v) is 4.84. The van der Waals surface area contributed by atoms with Crippen LogP contribution in [-0.2, 0) is 16.1 Å². The number of rotatable bonds is 6. The van der Waals surface area contributed by atoms with E-state index in [9.17, 15) is 4.79 Å². The van der Waals surface area contributed by atoms with Crippen LogP contribution in [0.1, 0.15) is 32.5 Å². The lowest BCUT2D eigenvalue weighted by Gasteiger charge is -2.33. The van der Waals surface area contributed by atoms with E-state index in [2.05, 4.69) is 39.2 Å². The normalized spacial score (nSPS) is 15.5. The summed E-state index contributed by atoms with van der Waals surface area (Å²) in [4.78, 5) is 26.7. The van der Waals surface area contributed by atoms with Crippen LogP contribution in [0, 0.1) is 5.92 Å². The maximum Gasteiger partial charge on any atom is 0.309 e. The van der Waals surface area contributed by atoms with Crippen molar-refractivity contribution < 1.29 is 9.53 Å². The SMILES string of the molecule is CCNC(=NCc1ncc(-c2ccccc2)[nH]1)N1CCC(C(=O)OCC)CC1. The zero-order chi connectivity index (χ0) is 19.8. The van der Waals surface area contributed by atoms with Gasteiger partial charge in [0.05, 0.1) is 24.4 Å². The van der Waals surface area contributed by atoms with Gasteiger partial charge >= 0.3 is 5.97 Å². The van der Waals surface area contributed by atoms with Crippen molar-refractivity contribution in [1.29, 1.82) is 0 Å². The van der Waals surface area contributed by atoms with Gasteiger partial charge < -0.3 is 19.9 Å². The average molecular weight is 383 g/mol. The van der Waals surface area contributed by atoms with Gasteiger partial charge in [0.2, 0.25) is 0 Å². The van der Waals surface area contributed by atoms with Gasteiger partial charge in [0, 0.05) is 19.6 Å². The largest absolute Gasteiger partial charge is 0.466 e. The molecule has 0 bridgehead atoms. The first-order chi connectivity index (χ1) is 13.7. The Kier molecular flexibility index (Phi) is 7.06. The van der Waals surface area contributed by atoms with Gasteiger partial charge in [0.25, 0.3) is 0 Å². The van der Waals surface area contributed by atoms with Crippen molar-refractivity contribution in [2.45, 2.75) is 33.2 Å². The molecule has 3 rings (SSSR count). The topological polar surface area (TPSA) is 82.6 Å². The number of nitrogens with one attached hydrogen (secondary N) is 2. The number of benzene rings is 1. The van der Waals surface area contributed by atoms with Gasteiger partial charge in [0.15, 0.2) is 5.96 Å². The molecule has 1 saturated heterocycles. The maximum atomic E-state index is 11.9. The van der Waals surface area contributed by atoms with Gasteiger partial charge in [-0.1, -0.05) is 30.3 Å². The Hall–Kier alpha value is -2.83. The van der Waals surface area contributed by atoms with Crippen LogP contribution in [0.3, 0.4) is 0 Å². The lowest BCUT2D eigenvalue weighted by Crippen LogP contribution is -2.46. The minimum atomic E-state index is -0.0758. The molecule has 7 heteroatoms. The zero-order valence-corrected chi connectivity index (χ0v) is 16.6. The van der Waals surface area contributed by atoms with Gasteiger partial charge in [-0.15, -0.1) is 0 Å². The van der Waals surface area contributed by atoms with Crippen molar-refractivity contribution in [1.82, 2.24) is 20.2 Å². The molecule has 1 aliphatic heterocycles. The number of hydrogen-bond donors (Lipinski definition) is 2. The van der Waals surface area contributed by atoms with Crippen LogP contribution in [0.2, 0.25) is 0 Å². The van der Waals surface area contributed by atoms with E-state index in [0.717, 1.165) is 55.5 Å². The summed E-state index contributed by atoms with van der Waals surface area (Å²) in [6, 6.07) is 10.1. The van der Waals surface area contributed by atoms with Crippen molar-refractivity contribution in [3.05, 3.63) is 42.4 Å². The maximum absolute atomic E-state index is 11.9. The molecule has 2 aromatic rings. The fourth-order valence-electron chi connectivity index (χ4n) is 3.37. The quantitative estimate of drug-likeness (QED) is 0.455. The highest BCUT2D eigenvalue weighted by atomic mass is 16.5. The van der Waals surface area contributed by atoms with E-state index in [-0.39, 0.29) is 11.9 Å². The van der Waals surface area contributed by atoms with Crippen LogP contribution in [0.25, 0.3) is 11.3 Å². The fraction of sp³-hybridized carbons (Fsp3) is 0.476. The number of carbonyl (C=O) groups is 1. The molecule has 1 fully saturated rings. The third-order valence-electron chi connectivity index (χ3n) is 4.84. The van der Waals surface area contributed by atoms with Gasteiger partial charge in [-0.3, -0.25) is 4.79 Å². The van der Waals surface area contributed by atoms with Gasteiger partial charge in [-0.05, 0) is 32.3 Å². The van der Waals surface area contributed by atoms with E-state index in [1.807, 2.05) is 31.3 Å². The number of esters is 1. The van der Waals surface area contributed by atoms with E-state index < -0.39 is 0 Å². The van der Waals surface area contributed by atoms with Crippen molar-refractivity contribution in [3.63, 3.8) is 0 Å². The summed E-state index contributed by atoms with van der Waals surface area (Å²) in [5.41, 5.74) is 2.10. The first kappa shape index (κ1) is 19.9. The number of imidazole rings is 1. The number of piperidine rings is 1. The fourth-order valence-corrected chi connectivity index (χ4v) is 3.37. The molecule has 0 atom stereocenters. The Morgan fingerprint density at radius 3 is 2.71 bits per heavy atom. The number of ether oxygens (including phenoxy) is 1. The first-order valence-corrected chi connectivity index (χ1v) is 10.0. The van der Waals surface area contributed by atoms with E-state index in [1.54, 1.807) is 0 Å². The minimum Gasteiger partial charge on any atom is -0.466 e. The molecule has 1 aliphatic rings. The second-order valence-electron chi connectivity index (χ2n) is 6.79. The molecular weight excluding hydrogens is 354 g/mol. The predicted molar refractivity (Wildman–Crippen MR) is 110 cm³/mol. The summed E-state index contributed by atoms with van der Waals surface area (Å²) in [7, 11) is 0. The molecule has 0 aliphatic carbocycles. The highest BCUT2D eigenvalue weighted by molar-refractivity contribution is 5.80. The predicted octanol–water partition coefficient (Wildman–Crippen LogP) is 2.82. The summed E-state index contributed by atoms with van der Waals surface area (Å²) in [5.74, 6) is 1.61. The highest BCUT2D eigenvalue weighted by Gasteiger charge is 2.27. The number of aromatic nitrogens is 2. The average Bonchev–Trinajstić information content (AvgIpc) is 3.21. The molecule has 1 aromatic heterocycles. The molecule has 0 spiro atoms. The highest BCUT2D eigenvalue weighted by Crippen LogP contribution is 2.19. The number of aliphatic imine (C=N–C) groups is 1. The number of hydrogen-bond acceptors (Lipinski definition) is 4. The van der Waals surface area contributed by atoms with Crippen LogP contribution in [0.4, 0.5) is 0 Å². The lowest BCUT2D eigenvalue weighted by atomic mass is 9.97. The van der Waals surface area contributed by atoms with Crippen molar-refractivity contribution in [3.8, 4) is 11.3 Å². The molecule has 1 aromatic carbocycles. The summed E-state index contributed by atoms with van der Waals surface area (Å²) >= 11 is 0. The van der Waals surface area contributed by atoms with E-state index >= 15 is 0 Å². The number of guanidine groups is 1. The second kappa shape index (κ2) is 9.92. The molecule has 0 amide bonds. The van der Waals surface area contributed by atoms with Gasteiger partial charge in [-0.25, -0.2) is 9.98 Å². The number of likely N-dealkylation sites (tertiary alicyclic amines) is 1. The molecule has 0 saturated carbocycles. The molecule has 2 N–H and O–H groups in total. The smallest absolute Gasteiger partial charge is 0.309 e. The van der Waals surface area contributed by atoms with Crippen LogP contribution < -0.4 is 5.32 Å². The summed E-state index contributed by atoms with van der Waals surface area (Å²) < 4.78 is 5.15. The summed E-state index contributed by atoms with van der Waals surface area (Å²) in [6.07, 6.45) is 3.43. The number of aromatic amines is 1. The van der Waals surface area contributed by atoms with E-state index in [0.29, 0.717) is 13.2 Å². The van der Waals surface area contributed by atoms with Gasteiger partial charge in [-0.2, -0.15) is 0 Å². The summed E-state index contributed by atoms with van der Waals surface area (Å²) in [6.45, 7) is 7.21. The zero-order valence-electron chi connectivity index (χ0n) is 16.6. The third kappa shape index (κ3) is 5.12. The van der Waals surface area contributed by atoms with Crippen LogP contribution >= 0.6 is 0 Å². The van der Waals surface area contributed by atoms with Crippen molar-refractivity contribution >= 4 is 11.9 Å². The van der Waals surface area contributed by atoms with Crippen LogP contribution in [-0.4, -0.2) is 53.0 Å². The number of nitrogens with zero attached hydrogens (tertiary/aromatic N) is 3. The number of carbonyl (C=O) groups excluding carboxylic acids is 1. The Bertz CT molecular complexity index is 779. The standard InChI is InChI=1S/C21H29N5O2/c1-3-22-21(26-12-10-17(11-13-26)20(27)28-4-2)24-15-19-23-14-18(25-19)16-8-6-5-7-9-16/h5-9,14,17H,3-4,10-13,15H2,1-2H3,(H,22,24)(H,23,25). The molecular formula is C21H29N5O2. The second-order valence-corrected chi connectivity index (χ2v) is 6.79. The lowest BCUT2D eigenvalue weighted by molar-refractivity contribution is -0.149. The number of H-pyrrole nitrogens is 1. The Morgan fingerprint density at radius 2 is 2.04 bits per heavy atom. The van der Waals surface area contributed by atoms with Crippen LogP contribution in [0.15, 0.2) is 41.5 Å². The van der Waals surface area contributed by atoms with Crippen LogP contribution in [0.5, 0.6) is 0 Å².